The topological polar surface area (TPSA) is 133 Å². The Morgan fingerprint density at radius 2 is 1.89 bits per heavy atom. The second-order valence-electron chi connectivity index (χ2n) is 8.34. The van der Waals surface area contributed by atoms with Crippen LogP contribution in [0.2, 0.25) is 0 Å². The molecule has 4 rings (SSSR count). The molecular weight excluding hydrogens is 448 g/mol. The molecular formula is C26H26N4O5. The minimum atomic E-state index is -0.582. The Bertz CT molecular complexity index is 1340. The first-order chi connectivity index (χ1) is 16.9. The van der Waals surface area contributed by atoms with Crippen molar-refractivity contribution >= 4 is 51.9 Å². The van der Waals surface area contributed by atoms with Crippen LogP contribution in [0.25, 0.3) is 22.6 Å². The summed E-state index contributed by atoms with van der Waals surface area (Å²) >= 11 is 0. The number of benzene rings is 2. The molecule has 0 aliphatic carbocycles. The van der Waals surface area contributed by atoms with Crippen molar-refractivity contribution in [2.75, 3.05) is 12.4 Å². The lowest BCUT2D eigenvalue weighted by Crippen LogP contribution is -2.39. The van der Waals surface area contributed by atoms with Crippen LogP contribution in [-0.2, 0) is 30.5 Å². The molecule has 1 aliphatic rings. The van der Waals surface area contributed by atoms with Crippen molar-refractivity contribution in [2.45, 2.75) is 31.8 Å². The van der Waals surface area contributed by atoms with Gasteiger partial charge in [-0.05, 0) is 24.6 Å². The van der Waals surface area contributed by atoms with Gasteiger partial charge < -0.3 is 25.7 Å². The van der Waals surface area contributed by atoms with Crippen molar-refractivity contribution in [2.24, 2.45) is 5.73 Å². The highest BCUT2D eigenvalue weighted by molar-refractivity contribution is 6.35. The summed E-state index contributed by atoms with van der Waals surface area (Å²) in [6.07, 6.45) is 3.86. The van der Waals surface area contributed by atoms with Gasteiger partial charge in [-0.2, -0.15) is 0 Å². The van der Waals surface area contributed by atoms with Crippen LogP contribution < -0.4 is 16.4 Å². The maximum Gasteiger partial charge on any atom is 0.305 e. The zero-order valence-electron chi connectivity index (χ0n) is 19.2. The molecule has 35 heavy (non-hydrogen) atoms. The molecule has 180 valence electrons. The standard InChI is InChI=1S/C26H26N4O5/c1-35-25(33)11-10-17(13-23(27)31)28-24(32)15-30-14-16(18-6-3-5-9-22(18)30)12-20-19-7-2-4-8-21(19)29-26(20)34/h2-9,12,14,17H,10-11,13,15H2,1H3,(H2,27,31)(H,28,32)(H,29,34). The summed E-state index contributed by atoms with van der Waals surface area (Å²) in [7, 11) is 1.28. The van der Waals surface area contributed by atoms with Crippen LogP contribution in [0.5, 0.6) is 0 Å². The molecule has 3 aromatic rings. The Labute approximate surface area is 201 Å². The lowest BCUT2D eigenvalue weighted by Gasteiger charge is -2.17. The van der Waals surface area contributed by atoms with E-state index in [0.29, 0.717) is 5.57 Å². The number of aromatic nitrogens is 1. The number of nitrogens with zero attached hydrogens (tertiary/aromatic N) is 1. The van der Waals surface area contributed by atoms with Crippen molar-refractivity contribution in [1.29, 1.82) is 0 Å². The molecule has 2 heterocycles. The van der Waals surface area contributed by atoms with E-state index in [0.717, 1.165) is 27.7 Å². The quantitative estimate of drug-likeness (QED) is 0.324. The molecule has 0 spiro atoms. The molecule has 0 fully saturated rings. The number of nitrogens with one attached hydrogen (secondary N) is 2. The second-order valence-corrected chi connectivity index (χ2v) is 8.34. The Balaban J connectivity index is 1.58. The second kappa shape index (κ2) is 10.3. The molecule has 1 unspecified atom stereocenters. The van der Waals surface area contributed by atoms with Crippen molar-refractivity contribution in [3.8, 4) is 0 Å². The average molecular weight is 475 g/mol. The van der Waals surface area contributed by atoms with E-state index < -0.39 is 17.9 Å². The summed E-state index contributed by atoms with van der Waals surface area (Å²) in [4.78, 5) is 48.3. The Morgan fingerprint density at radius 1 is 1.14 bits per heavy atom. The van der Waals surface area contributed by atoms with Crippen molar-refractivity contribution in [3.63, 3.8) is 0 Å². The monoisotopic (exact) mass is 474 g/mol. The number of anilines is 1. The van der Waals surface area contributed by atoms with Crippen LogP contribution in [0.3, 0.4) is 0 Å². The molecule has 3 amide bonds. The van der Waals surface area contributed by atoms with E-state index >= 15 is 0 Å². The lowest BCUT2D eigenvalue weighted by molar-refractivity contribution is -0.141. The summed E-state index contributed by atoms with van der Waals surface area (Å²) in [6.45, 7) is -0.0139. The molecule has 0 bridgehead atoms. The number of ether oxygens (including phenoxy) is 1. The van der Waals surface area contributed by atoms with E-state index in [9.17, 15) is 19.2 Å². The van der Waals surface area contributed by atoms with Crippen LogP contribution in [0.15, 0.2) is 54.7 Å². The minimum absolute atomic E-state index is 0.0139. The number of hydrogen-bond donors (Lipinski definition) is 3. The number of carbonyl (C=O) groups excluding carboxylic acids is 4. The van der Waals surface area contributed by atoms with E-state index in [1.54, 1.807) is 4.57 Å². The highest BCUT2D eigenvalue weighted by atomic mass is 16.5. The number of primary amides is 1. The van der Waals surface area contributed by atoms with E-state index in [2.05, 4.69) is 15.4 Å². The highest BCUT2D eigenvalue weighted by Gasteiger charge is 2.24. The van der Waals surface area contributed by atoms with Gasteiger partial charge in [-0.1, -0.05) is 36.4 Å². The third-order valence-electron chi connectivity index (χ3n) is 5.88. The molecule has 0 saturated carbocycles. The zero-order valence-corrected chi connectivity index (χ0v) is 19.2. The number of nitrogens with two attached hydrogens (primary N) is 1. The summed E-state index contributed by atoms with van der Waals surface area (Å²) < 4.78 is 6.42. The van der Waals surface area contributed by atoms with Gasteiger partial charge in [0, 0.05) is 58.4 Å². The van der Waals surface area contributed by atoms with Gasteiger partial charge in [0.15, 0.2) is 0 Å². The normalized spacial score (nSPS) is 14.4. The van der Waals surface area contributed by atoms with Gasteiger partial charge in [-0.25, -0.2) is 0 Å². The first-order valence-corrected chi connectivity index (χ1v) is 11.2. The number of fused-ring (bicyclic) bond motifs is 2. The average Bonchev–Trinajstić information content (AvgIpc) is 3.34. The Kier molecular flexibility index (Phi) is 6.96. The number of rotatable bonds is 9. The van der Waals surface area contributed by atoms with Gasteiger partial charge in [-0.15, -0.1) is 0 Å². The predicted molar refractivity (Wildman–Crippen MR) is 132 cm³/mol. The number of amides is 3. The van der Waals surface area contributed by atoms with Gasteiger partial charge >= 0.3 is 5.97 Å². The van der Waals surface area contributed by atoms with E-state index in [1.807, 2.05) is 60.8 Å². The Hall–Kier alpha value is -4.40. The largest absolute Gasteiger partial charge is 0.469 e. The molecule has 2 aromatic carbocycles. The van der Waals surface area contributed by atoms with Crippen molar-refractivity contribution in [3.05, 3.63) is 65.9 Å². The van der Waals surface area contributed by atoms with Crippen molar-refractivity contribution in [1.82, 2.24) is 9.88 Å². The molecule has 9 nitrogen and oxygen atoms in total. The molecule has 1 aliphatic heterocycles. The summed E-state index contributed by atoms with van der Waals surface area (Å²) in [5, 5.41) is 6.56. The van der Waals surface area contributed by atoms with E-state index in [1.165, 1.54) is 7.11 Å². The first kappa shape index (κ1) is 23.7. The van der Waals surface area contributed by atoms with Crippen LogP contribution in [0.1, 0.15) is 30.4 Å². The highest BCUT2D eigenvalue weighted by Crippen LogP contribution is 2.34. The minimum Gasteiger partial charge on any atom is -0.469 e. The fraction of sp³-hybridized carbons (Fsp3) is 0.231. The third kappa shape index (κ3) is 5.40. The fourth-order valence-corrected chi connectivity index (χ4v) is 4.25. The zero-order chi connectivity index (χ0) is 24.9. The van der Waals surface area contributed by atoms with Gasteiger partial charge in [0.25, 0.3) is 5.91 Å². The van der Waals surface area contributed by atoms with Crippen molar-refractivity contribution < 1.29 is 23.9 Å². The SMILES string of the molecule is COC(=O)CCC(CC(N)=O)NC(=O)Cn1cc(C=C2C(=O)Nc3ccccc32)c2ccccc21. The van der Waals surface area contributed by atoms with E-state index in [-0.39, 0.29) is 37.6 Å². The van der Waals surface area contributed by atoms with Gasteiger partial charge in [-0.3, -0.25) is 19.2 Å². The number of esters is 1. The predicted octanol–water partition coefficient (Wildman–Crippen LogP) is 2.45. The van der Waals surface area contributed by atoms with Crippen LogP contribution in [-0.4, -0.2) is 41.4 Å². The van der Waals surface area contributed by atoms with E-state index in [4.69, 9.17) is 5.73 Å². The number of methoxy groups -OCH3 is 1. The number of para-hydroxylation sites is 2. The fourth-order valence-electron chi connectivity index (χ4n) is 4.25. The maximum atomic E-state index is 12.9. The van der Waals surface area contributed by atoms with Crippen LogP contribution in [0.4, 0.5) is 5.69 Å². The summed E-state index contributed by atoms with van der Waals surface area (Å²) in [6, 6.07) is 14.5. The van der Waals surface area contributed by atoms with Gasteiger partial charge in [0.05, 0.1) is 7.11 Å². The molecule has 4 N–H and O–H groups in total. The van der Waals surface area contributed by atoms with Gasteiger partial charge in [0.1, 0.15) is 6.54 Å². The molecule has 0 saturated heterocycles. The maximum absolute atomic E-state index is 12.9. The number of carbonyl (C=O) groups is 4. The third-order valence-corrected chi connectivity index (χ3v) is 5.88. The molecule has 0 radical (unpaired) electrons. The molecule has 1 aromatic heterocycles. The Morgan fingerprint density at radius 3 is 2.66 bits per heavy atom. The summed E-state index contributed by atoms with van der Waals surface area (Å²) in [5.74, 6) is -1.51. The smallest absolute Gasteiger partial charge is 0.305 e. The van der Waals surface area contributed by atoms with Crippen LogP contribution >= 0.6 is 0 Å². The summed E-state index contributed by atoms with van der Waals surface area (Å²) in [5.41, 5.74) is 9.07. The number of hydrogen-bond acceptors (Lipinski definition) is 5. The molecule has 9 heteroatoms. The van der Waals surface area contributed by atoms with Gasteiger partial charge in [0.2, 0.25) is 11.8 Å². The first-order valence-electron chi connectivity index (χ1n) is 11.2. The molecule has 1 atom stereocenters. The lowest BCUT2D eigenvalue weighted by atomic mass is 10.0. The van der Waals surface area contributed by atoms with Crippen LogP contribution in [0, 0.1) is 0 Å².